The van der Waals surface area contributed by atoms with Crippen molar-refractivity contribution in [3.8, 4) is 0 Å². The van der Waals surface area contributed by atoms with Gasteiger partial charge in [-0.3, -0.25) is 4.79 Å². The molecule has 0 spiro atoms. The van der Waals surface area contributed by atoms with Gasteiger partial charge in [0.25, 0.3) is 0 Å². The summed E-state index contributed by atoms with van der Waals surface area (Å²) in [5.41, 5.74) is -0.937. The van der Waals surface area contributed by atoms with E-state index >= 15 is 0 Å². The highest BCUT2D eigenvalue weighted by atomic mass is 16.6. The van der Waals surface area contributed by atoms with Crippen LogP contribution in [0.1, 0.15) is 19.8 Å². The van der Waals surface area contributed by atoms with Crippen LogP contribution in [0.4, 0.5) is 0 Å². The predicted octanol–water partition coefficient (Wildman–Crippen LogP) is -0.245. The number of carboxylic acids is 1. The minimum Gasteiger partial charge on any atom is -0.479 e. The molecule has 5 heteroatoms. The lowest BCUT2D eigenvalue weighted by Crippen LogP contribution is -2.44. The van der Waals surface area contributed by atoms with E-state index < -0.39 is 11.6 Å². The van der Waals surface area contributed by atoms with Gasteiger partial charge in [-0.25, -0.2) is 4.79 Å². The van der Waals surface area contributed by atoms with Gasteiger partial charge in [0.2, 0.25) is 5.91 Å². The fraction of sp³-hybridized carbons (Fsp3) is 0.778. The SMILES string of the molecule is CC(=O)NCC1OC2(C(=O)O)CC1C2. The van der Waals surface area contributed by atoms with Crippen LogP contribution in [0.25, 0.3) is 0 Å². The van der Waals surface area contributed by atoms with Crippen molar-refractivity contribution < 1.29 is 19.4 Å². The molecule has 5 nitrogen and oxygen atoms in total. The molecular formula is C9H13NO4. The number of fused-ring (bicyclic) bond motifs is 1. The van der Waals surface area contributed by atoms with Crippen LogP contribution < -0.4 is 5.32 Å². The molecule has 3 fully saturated rings. The molecule has 0 aromatic heterocycles. The van der Waals surface area contributed by atoms with Crippen molar-refractivity contribution in [2.24, 2.45) is 5.92 Å². The zero-order valence-corrected chi connectivity index (χ0v) is 7.95. The third-order valence-electron chi connectivity index (χ3n) is 3.03. The lowest BCUT2D eigenvalue weighted by Gasteiger charge is -2.30. The average Bonchev–Trinajstić information content (AvgIpc) is 2.52. The summed E-state index contributed by atoms with van der Waals surface area (Å²) in [5.74, 6) is -0.681. The van der Waals surface area contributed by atoms with E-state index in [-0.39, 0.29) is 12.0 Å². The van der Waals surface area contributed by atoms with Crippen molar-refractivity contribution in [1.82, 2.24) is 5.32 Å². The number of ether oxygens (including phenoxy) is 1. The Kier molecular flexibility index (Phi) is 1.99. The lowest BCUT2D eigenvalue weighted by molar-refractivity contribution is -0.164. The van der Waals surface area contributed by atoms with Crippen LogP contribution in [0, 0.1) is 5.92 Å². The van der Waals surface area contributed by atoms with Gasteiger partial charge in [0, 0.05) is 13.5 Å². The number of hydrogen-bond donors (Lipinski definition) is 2. The first kappa shape index (κ1) is 9.45. The summed E-state index contributed by atoms with van der Waals surface area (Å²) in [6, 6.07) is 0. The van der Waals surface area contributed by atoms with Crippen LogP contribution in [0.3, 0.4) is 0 Å². The normalized spacial score (nSPS) is 38.9. The standard InChI is InChI=1S/C9H13NO4/c1-5(11)10-4-7-6-2-9(3-6,14-7)8(12)13/h6-7H,2-4H2,1H3,(H,10,11)(H,12,13). The number of aliphatic carboxylic acids is 1. The molecule has 1 unspecified atom stereocenters. The summed E-state index contributed by atoms with van der Waals surface area (Å²) in [4.78, 5) is 21.5. The van der Waals surface area contributed by atoms with Crippen LogP contribution in [0.15, 0.2) is 0 Å². The molecule has 78 valence electrons. The maximum atomic E-state index is 10.8. The van der Waals surface area contributed by atoms with E-state index in [4.69, 9.17) is 9.84 Å². The Morgan fingerprint density at radius 3 is 2.64 bits per heavy atom. The molecule has 2 aliphatic heterocycles. The molecule has 2 saturated heterocycles. The van der Waals surface area contributed by atoms with E-state index in [1.54, 1.807) is 0 Å². The first-order valence-corrected chi connectivity index (χ1v) is 4.69. The Balaban J connectivity index is 1.89. The molecule has 1 saturated carbocycles. The fourth-order valence-electron chi connectivity index (χ4n) is 2.21. The van der Waals surface area contributed by atoms with Gasteiger partial charge in [-0.05, 0) is 18.8 Å². The molecule has 2 bridgehead atoms. The van der Waals surface area contributed by atoms with Crippen molar-refractivity contribution in [3.63, 3.8) is 0 Å². The fourth-order valence-corrected chi connectivity index (χ4v) is 2.21. The lowest BCUT2D eigenvalue weighted by atomic mass is 9.72. The Morgan fingerprint density at radius 1 is 1.57 bits per heavy atom. The van der Waals surface area contributed by atoms with Gasteiger partial charge < -0.3 is 15.2 Å². The summed E-state index contributed by atoms with van der Waals surface area (Å²) >= 11 is 0. The highest BCUT2D eigenvalue weighted by Crippen LogP contribution is 2.52. The van der Waals surface area contributed by atoms with Gasteiger partial charge in [0.15, 0.2) is 5.60 Å². The number of nitrogens with one attached hydrogen (secondary N) is 1. The summed E-state index contributed by atoms with van der Waals surface area (Å²) in [5, 5.41) is 11.5. The Labute approximate surface area is 81.4 Å². The van der Waals surface area contributed by atoms with Gasteiger partial charge in [0.05, 0.1) is 6.10 Å². The topological polar surface area (TPSA) is 75.6 Å². The molecular weight excluding hydrogens is 186 g/mol. The molecule has 3 rings (SSSR count). The van der Waals surface area contributed by atoms with Crippen LogP contribution in [0.5, 0.6) is 0 Å². The Morgan fingerprint density at radius 2 is 2.21 bits per heavy atom. The summed E-state index contributed by atoms with van der Waals surface area (Å²) in [6.07, 6.45) is 1.06. The maximum Gasteiger partial charge on any atom is 0.336 e. The minimum absolute atomic E-state index is 0.109. The Hall–Kier alpha value is -1.10. The van der Waals surface area contributed by atoms with E-state index in [0.717, 1.165) is 0 Å². The number of hydrogen-bond acceptors (Lipinski definition) is 3. The smallest absolute Gasteiger partial charge is 0.336 e. The molecule has 1 atom stereocenters. The van der Waals surface area contributed by atoms with Gasteiger partial charge >= 0.3 is 5.97 Å². The second kappa shape index (κ2) is 2.95. The third-order valence-corrected chi connectivity index (χ3v) is 3.03. The minimum atomic E-state index is -0.937. The van der Waals surface area contributed by atoms with Gasteiger partial charge in [-0.1, -0.05) is 0 Å². The highest BCUT2D eigenvalue weighted by Gasteiger charge is 2.62. The predicted molar refractivity (Wildman–Crippen MR) is 46.6 cm³/mol. The van der Waals surface area contributed by atoms with Crippen molar-refractivity contribution >= 4 is 11.9 Å². The van der Waals surface area contributed by atoms with Crippen LogP contribution in [-0.2, 0) is 14.3 Å². The van der Waals surface area contributed by atoms with Gasteiger partial charge in [-0.15, -0.1) is 0 Å². The monoisotopic (exact) mass is 199 g/mol. The molecule has 0 aromatic rings. The van der Waals surface area contributed by atoms with E-state index in [9.17, 15) is 9.59 Å². The first-order valence-electron chi connectivity index (χ1n) is 4.69. The average molecular weight is 199 g/mol. The second-order valence-electron chi connectivity index (χ2n) is 4.06. The zero-order valence-electron chi connectivity index (χ0n) is 7.95. The number of carbonyl (C=O) groups excluding carboxylic acids is 1. The van der Waals surface area contributed by atoms with Gasteiger partial charge in [-0.2, -0.15) is 0 Å². The summed E-state index contributed by atoms with van der Waals surface area (Å²) in [6.45, 7) is 1.86. The summed E-state index contributed by atoms with van der Waals surface area (Å²) < 4.78 is 5.42. The molecule has 0 radical (unpaired) electrons. The van der Waals surface area contributed by atoms with E-state index in [2.05, 4.69) is 5.32 Å². The number of rotatable bonds is 3. The van der Waals surface area contributed by atoms with Crippen LogP contribution in [-0.4, -0.2) is 35.2 Å². The highest BCUT2D eigenvalue weighted by molar-refractivity contribution is 5.79. The number of carboxylic acid groups (broad SMARTS) is 1. The molecule has 1 amide bonds. The van der Waals surface area contributed by atoms with E-state index in [1.807, 2.05) is 0 Å². The van der Waals surface area contributed by atoms with E-state index in [1.165, 1.54) is 6.92 Å². The molecule has 3 aliphatic rings. The largest absolute Gasteiger partial charge is 0.479 e. The maximum absolute atomic E-state index is 10.8. The molecule has 0 aromatic carbocycles. The molecule has 1 aliphatic carbocycles. The van der Waals surface area contributed by atoms with Crippen molar-refractivity contribution in [2.75, 3.05) is 6.54 Å². The number of amides is 1. The van der Waals surface area contributed by atoms with Crippen LogP contribution in [0.2, 0.25) is 0 Å². The quantitative estimate of drug-likeness (QED) is 0.657. The first-order chi connectivity index (χ1) is 6.53. The number of carbonyl (C=O) groups is 2. The Bertz CT molecular complexity index is 283. The molecule has 14 heavy (non-hydrogen) atoms. The summed E-state index contributed by atoms with van der Waals surface area (Å²) in [7, 11) is 0. The third kappa shape index (κ3) is 1.28. The van der Waals surface area contributed by atoms with Crippen molar-refractivity contribution in [3.05, 3.63) is 0 Å². The van der Waals surface area contributed by atoms with Gasteiger partial charge in [0.1, 0.15) is 0 Å². The van der Waals surface area contributed by atoms with Crippen molar-refractivity contribution in [1.29, 1.82) is 0 Å². The van der Waals surface area contributed by atoms with E-state index in [0.29, 0.717) is 25.3 Å². The zero-order chi connectivity index (χ0) is 10.3. The van der Waals surface area contributed by atoms with Crippen molar-refractivity contribution in [2.45, 2.75) is 31.5 Å². The molecule has 2 N–H and O–H groups in total. The van der Waals surface area contributed by atoms with Crippen LogP contribution >= 0.6 is 0 Å². The second-order valence-corrected chi connectivity index (χ2v) is 4.06. The molecule has 2 heterocycles.